The Morgan fingerprint density at radius 2 is 2.05 bits per heavy atom. The largest absolute Gasteiger partial charge is 0.495 e. The quantitative estimate of drug-likeness (QED) is 0.794. The van der Waals surface area contributed by atoms with Crippen molar-refractivity contribution in [2.24, 2.45) is 11.1 Å². The van der Waals surface area contributed by atoms with Gasteiger partial charge in [0.05, 0.1) is 19.3 Å². The van der Waals surface area contributed by atoms with Crippen LogP contribution in [-0.4, -0.2) is 44.6 Å². The molecule has 0 fully saturated rings. The number of benzene rings is 1. The highest BCUT2D eigenvalue weighted by Crippen LogP contribution is 2.23. The van der Waals surface area contributed by atoms with Crippen molar-refractivity contribution < 1.29 is 9.53 Å². The number of carbonyl (C=O) groups is 1. The number of methoxy groups -OCH3 is 1. The van der Waals surface area contributed by atoms with Gasteiger partial charge in [0.15, 0.2) is 0 Å². The molecule has 0 spiro atoms. The first-order valence-electron chi connectivity index (χ1n) is 6.69. The van der Waals surface area contributed by atoms with Crippen LogP contribution in [-0.2, 0) is 4.79 Å². The number of ether oxygens (including phenoxy) is 1. The van der Waals surface area contributed by atoms with Crippen LogP contribution >= 0.6 is 0 Å². The molecule has 1 rings (SSSR count). The average Bonchev–Trinajstić information content (AvgIpc) is 2.38. The first-order chi connectivity index (χ1) is 9.38. The highest BCUT2D eigenvalue weighted by atomic mass is 16.5. The first kappa shape index (κ1) is 16.5. The van der Waals surface area contributed by atoms with Gasteiger partial charge in [0.25, 0.3) is 0 Å². The van der Waals surface area contributed by atoms with E-state index in [0.29, 0.717) is 24.5 Å². The van der Waals surface area contributed by atoms with Gasteiger partial charge >= 0.3 is 0 Å². The number of likely N-dealkylation sites (N-methyl/N-ethyl adjacent to an activating group) is 1. The van der Waals surface area contributed by atoms with Gasteiger partial charge in [-0.25, -0.2) is 0 Å². The van der Waals surface area contributed by atoms with Crippen molar-refractivity contribution in [3.8, 4) is 5.75 Å². The summed E-state index contributed by atoms with van der Waals surface area (Å²) in [6.07, 6.45) is 0. The molecule has 1 aromatic rings. The Bertz CT molecular complexity index is 446. The van der Waals surface area contributed by atoms with E-state index in [4.69, 9.17) is 10.5 Å². The second-order valence-electron chi connectivity index (χ2n) is 5.79. The highest BCUT2D eigenvalue weighted by molar-refractivity contribution is 5.93. The maximum Gasteiger partial charge on any atom is 0.238 e. The number of rotatable bonds is 7. The van der Waals surface area contributed by atoms with E-state index in [0.717, 1.165) is 6.54 Å². The van der Waals surface area contributed by atoms with E-state index >= 15 is 0 Å². The number of hydrogen-bond acceptors (Lipinski definition) is 4. The van der Waals surface area contributed by atoms with Gasteiger partial charge in [-0.2, -0.15) is 0 Å². The van der Waals surface area contributed by atoms with Crippen molar-refractivity contribution in [3.05, 3.63) is 24.3 Å². The second-order valence-corrected chi connectivity index (χ2v) is 5.79. The molecule has 0 unspecified atom stereocenters. The van der Waals surface area contributed by atoms with Crippen LogP contribution in [0.25, 0.3) is 0 Å². The molecule has 112 valence electrons. The summed E-state index contributed by atoms with van der Waals surface area (Å²) >= 11 is 0. The summed E-state index contributed by atoms with van der Waals surface area (Å²) in [7, 11) is 3.50. The Morgan fingerprint density at radius 3 is 2.65 bits per heavy atom. The first-order valence-corrected chi connectivity index (χ1v) is 6.69. The van der Waals surface area contributed by atoms with Crippen molar-refractivity contribution in [1.29, 1.82) is 0 Å². The summed E-state index contributed by atoms with van der Waals surface area (Å²) in [5.41, 5.74) is 6.39. The third kappa shape index (κ3) is 5.19. The molecule has 0 aliphatic carbocycles. The van der Waals surface area contributed by atoms with Gasteiger partial charge in [0.1, 0.15) is 5.75 Å². The molecule has 0 atom stereocenters. The summed E-state index contributed by atoms with van der Waals surface area (Å²) in [5, 5.41) is 2.86. The standard InChI is InChI=1S/C15H25N3O2/c1-15(2,10-16)11-18(3)9-14(19)17-12-7-5-6-8-13(12)20-4/h5-8H,9-11,16H2,1-4H3,(H,17,19). The van der Waals surface area contributed by atoms with Crippen LogP contribution in [0.2, 0.25) is 0 Å². The van der Waals surface area contributed by atoms with Crippen LogP contribution in [0, 0.1) is 5.41 Å². The summed E-state index contributed by atoms with van der Waals surface area (Å²) in [6, 6.07) is 7.36. The fraction of sp³-hybridized carbons (Fsp3) is 0.533. The minimum absolute atomic E-state index is 0.000529. The Labute approximate surface area is 121 Å². The fourth-order valence-corrected chi connectivity index (χ4v) is 2.03. The van der Waals surface area contributed by atoms with E-state index in [1.165, 1.54) is 0 Å². The average molecular weight is 279 g/mol. The zero-order valence-corrected chi connectivity index (χ0v) is 12.8. The molecular weight excluding hydrogens is 254 g/mol. The zero-order valence-electron chi connectivity index (χ0n) is 12.8. The van der Waals surface area contributed by atoms with Gasteiger partial charge in [-0.3, -0.25) is 9.69 Å². The maximum absolute atomic E-state index is 12.0. The molecule has 0 bridgehead atoms. The van der Waals surface area contributed by atoms with Gasteiger partial charge in [-0.15, -0.1) is 0 Å². The van der Waals surface area contributed by atoms with Crippen LogP contribution in [0.5, 0.6) is 5.75 Å². The number of nitrogens with two attached hydrogens (primary N) is 1. The van der Waals surface area contributed by atoms with Crippen LogP contribution in [0.4, 0.5) is 5.69 Å². The lowest BCUT2D eigenvalue weighted by atomic mass is 9.93. The van der Waals surface area contributed by atoms with E-state index in [-0.39, 0.29) is 11.3 Å². The van der Waals surface area contributed by atoms with Crippen LogP contribution in [0.1, 0.15) is 13.8 Å². The lowest BCUT2D eigenvalue weighted by molar-refractivity contribution is -0.117. The fourth-order valence-electron chi connectivity index (χ4n) is 2.03. The van der Waals surface area contributed by atoms with E-state index in [9.17, 15) is 4.79 Å². The number of amides is 1. The van der Waals surface area contributed by atoms with Crippen LogP contribution in [0.3, 0.4) is 0 Å². The molecule has 0 saturated heterocycles. The molecule has 1 aromatic carbocycles. The molecule has 0 aliphatic heterocycles. The third-order valence-electron chi connectivity index (χ3n) is 3.05. The van der Waals surface area contributed by atoms with Crippen molar-refractivity contribution in [2.75, 3.05) is 39.1 Å². The number of anilines is 1. The predicted octanol–water partition coefficient (Wildman–Crippen LogP) is 1.55. The van der Waals surface area contributed by atoms with Gasteiger partial charge in [0, 0.05) is 6.54 Å². The predicted molar refractivity (Wildman–Crippen MR) is 82.0 cm³/mol. The van der Waals surface area contributed by atoms with E-state index in [1.807, 2.05) is 36.2 Å². The molecule has 0 aliphatic rings. The minimum Gasteiger partial charge on any atom is -0.495 e. The van der Waals surface area contributed by atoms with Crippen LogP contribution in [0.15, 0.2) is 24.3 Å². The third-order valence-corrected chi connectivity index (χ3v) is 3.05. The Balaban J connectivity index is 2.55. The van der Waals surface area contributed by atoms with E-state index in [1.54, 1.807) is 7.11 Å². The van der Waals surface area contributed by atoms with Crippen molar-refractivity contribution in [1.82, 2.24) is 4.90 Å². The molecule has 5 heteroatoms. The summed E-state index contributed by atoms with van der Waals surface area (Å²) in [4.78, 5) is 14.0. The zero-order chi connectivity index (χ0) is 15.2. The summed E-state index contributed by atoms with van der Waals surface area (Å²) in [6.45, 7) is 5.85. The molecule has 5 nitrogen and oxygen atoms in total. The number of carbonyl (C=O) groups excluding carboxylic acids is 1. The molecular formula is C15H25N3O2. The number of para-hydroxylation sites is 2. The monoisotopic (exact) mass is 279 g/mol. The van der Waals surface area contributed by atoms with Gasteiger partial charge < -0.3 is 15.8 Å². The summed E-state index contributed by atoms with van der Waals surface area (Å²) < 4.78 is 5.20. The number of nitrogens with one attached hydrogen (secondary N) is 1. The normalized spacial score (nSPS) is 11.5. The smallest absolute Gasteiger partial charge is 0.238 e. The molecule has 3 N–H and O–H groups in total. The number of nitrogens with zero attached hydrogens (tertiary/aromatic N) is 1. The molecule has 0 heterocycles. The van der Waals surface area contributed by atoms with Crippen molar-refractivity contribution in [3.63, 3.8) is 0 Å². The Morgan fingerprint density at radius 1 is 1.40 bits per heavy atom. The molecule has 0 radical (unpaired) electrons. The van der Waals surface area contributed by atoms with E-state index < -0.39 is 0 Å². The molecule has 20 heavy (non-hydrogen) atoms. The van der Waals surface area contributed by atoms with E-state index in [2.05, 4.69) is 19.2 Å². The van der Waals surface area contributed by atoms with Gasteiger partial charge in [-0.05, 0) is 31.1 Å². The lowest BCUT2D eigenvalue weighted by Crippen LogP contribution is -2.40. The lowest BCUT2D eigenvalue weighted by Gasteiger charge is -2.28. The Hall–Kier alpha value is -1.59. The maximum atomic E-state index is 12.0. The van der Waals surface area contributed by atoms with Crippen molar-refractivity contribution in [2.45, 2.75) is 13.8 Å². The molecule has 1 amide bonds. The van der Waals surface area contributed by atoms with Gasteiger partial charge in [-0.1, -0.05) is 26.0 Å². The van der Waals surface area contributed by atoms with Crippen molar-refractivity contribution >= 4 is 11.6 Å². The number of hydrogen-bond donors (Lipinski definition) is 2. The minimum atomic E-state index is -0.0650. The summed E-state index contributed by atoms with van der Waals surface area (Å²) in [5.74, 6) is 0.593. The van der Waals surface area contributed by atoms with Crippen LogP contribution < -0.4 is 15.8 Å². The molecule has 0 aromatic heterocycles. The second kappa shape index (κ2) is 7.26. The molecule has 0 saturated carbocycles. The SMILES string of the molecule is COc1ccccc1NC(=O)CN(C)CC(C)(C)CN. The Kier molecular flexibility index (Phi) is 5.98. The highest BCUT2D eigenvalue weighted by Gasteiger charge is 2.19. The van der Waals surface area contributed by atoms with Gasteiger partial charge in [0.2, 0.25) is 5.91 Å². The topological polar surface area (TPSA) is 67.6 Å².